The molecule has 136 valence electrons. The van der Waals surface area contributed by atoms with Gasteiger partial charge in [0.15, 0.2) is 0 Å². The molecule has 0 saturated heterocycles. The van der Waals surface area contributed by atoms with E-state index in [2.05, 4.69) is 5.32 Å². The lowest BCUT2D eigenvalue weighted by molar-refractivity contribution is -0.136. The van der Waals surface area contributed by atoms with Crippen molar-refractivity contribution in [1.82, 2.24) is 5.32 Å². The van der Waals surface area contributed by atoms with Crippen molar-refractivity contribution in [2.75, 3.05) is 6.54 Å². The molecule has 0 heterocycles. The van der Waals surface area contributed by atoms with E-state index in [-0.39, 0.29) is 11.3 Å². The van der Waals surface area contributed by atoms with Crippen LogP contribution in [0, 0.1) is 0 Å². The van der Waals surface area contributed by atoms with E-state index in [4.69, 9.17) is 10.2 Å². The van der Waals surface area contributed by atoms with E-state index in [9.17, 15) is 19.5 Å². The summed E-state index contributed by atoms with van der Waals surface area (Å²) in [6.07, 6.45) is 1.12. The van der Waals surface area contributed by atoms with E-state index in [1.807, 2.05) is 30.3 Å². The minimum atomic E-state index is -1.13. The van der Waals surface area contributed by atoms with Crippen LogP contribution in [0.25, 0.3) is 0 Å². The zero-order valence-electron chi connectivity index (χ0n) is 13.5. The Hall–Kier alpha value is -3.26. The van der Waals surface area contributed by atoms with Gasteiger partial charge < -0.3 is 20.6 Å². The van der Waals surface area contributed by atoms with E-state index in [0.29, 0.717) is 0 Å². The standard InChI is InChI=1S/C9H9NO4.C9H8O2S/c11-7-4-2-1-3-6(7)9(14)10-5-8(12)13;10-9(11)6-7-12-8-4-2-1-3-5-8/h1-4,11H,5H2,(H,10,14)(H,12,13);1-7H,(H,10,11)/b;7-6+. The van der Waals surface area contributed by atoms with Crippen molar-refractivity contribution in [3.8, 4) is 5.75 Å². The Labute approximate surface area is 154 Å². The summed E-state index contributed by atoms with van der Waals surface area (Å²) in [5, 5.41) is 29.5. The molecule has 0 unspecified atom stereocenters. The van der Waals surface area contributed by atoms with Crippen molar-refractivity contribution in [3.63, 3.8) is 0 Å². The Morgan fingerprint density at radius 3 is 2.15 bits per heavy atom. The summed E-state index contributed by atoms with van der Waals surface area (Å²) in [6, 6.07) is 15.5. The number of hydrogen-bond acceptors (Lipinski definition) is 5. The molecule has 0 spiro atoms. The maximum atomic E-state index is 11.2. The Morgan fingerprint density at radius 2 is 1.58 bits per heavy atom. The van der Waals surface area contributed by atoms with Crippen LogP contribution in [0.15, 0.2) is 71.0 Å². The summed E-state index contributed by atoms with van der Waals surface area (Å²) in [6.45, 7) is -0.465. The quantitative estimate of drug-likeness (QED) is 0.452. The van der Waals surface area contributed by atoms with Crippen LogP contribution in [0.5, 0.6) is 5.75 Å². The van der Waals surface area contributed by atoms with Crippen molar-refractivity contribution in [2.24, 2.45) is 0 Å². The predicted molar refractivity (Wildman–Crippen MR) is 97.2 cm³/mol. The molecule has 2 aromatic rings. The molecule has 1 amide bonds. The van der Waals surface area contributed by atoms with Crippen LogP contribution in [0.3, 0.4) is 0 Å². The first-order valence-electron chi connectivity index (χ1n) is 7.29. The first kappa shape index (κ1) is 20.8. The highest BCUT2D eigenvalue weighted by Crippen LogP contribution is 2.17. The van der Waals surface area contributed by atoms with Gasteiger partial charge in [-0.1, -0.05) is 42.1 Å². The second-order valence-corrected chi connectivity index (χ2v) is 5.64. The fourth-order valence-corrected chi connectivity index (χ4v) is 2.24. The highest BCUT2D eigenvalue weighted by atomic mass is 32.2. The van der Waals surface area contributed by atoms with E-state index in [1.165, 1.54) is 23.9 Å². The van der Waals surface area contributed by atoms with Crippen LogP contribution in [0.4, 0.5) is 0 Å². The van der Waals surface area contributed by atoms with Crippen LogP contribution < -0.4 is 5.32 Å². The summed E-state index contributed by atoms with van der Waals surface area (Å²) in [5.41, 5.74) is 0.0637. The third-order valence-electron chi connectivity index (χ3n) is 2.71. The maximum Gasteiger partial charge on any atom is 0.328 e. The smallest absolute Gasteiger partial charge is 0.328 e. The summed E-state index contributed by atoms with van der Waals surface area (Å²) in [5.74, 6) is -2.83. The summed E-state index contributed by atoms with van der Waals surface area (Å²) >= 11 is 1.39. The SMILES string of the molecule is O=C(O)/C=C/Sc1ccccc1.O=C(O)CNC(=O)c1ccccc1O. The van der Waals surface area contributed by atoms with Gasteiger partial charge in [-0.3, -0.25) is 9.59 Å². The molecule has 0 saturated carbocycles. The van der Waals surface area contributed by atoms with E-state index in [0.717, 1.165) is 11.0 Å². The number of carboxylic acids is 2. The molecule has 0 radical (unpaired) electrons. The molecule has 0 bridgehead atoms. The molecule has 2 rings (SSSR count). The first-order valence-corrected chi connectivity index (χ1v) is 8.17. The maximum absolute atomic E-state index is 11.2. The molecule has 0 aliphatic carbocycles. The molecule has 0 atom stereocenters. The molecular weight excluding hydrogens is 358 g/mol. The molecule has 26 heavy (non-hydrogen) atoms. The number of hydrogen-bond donors (Lipinski definition) is 4. The van der Waals surface area contributed by atoms with E-state index < -0.39 is 24.4 Å². The third-order valence-corrected chi connectivity index (χ3v) is 3.52. The molecule has 7 nitrogen and oxygen atoms in total. The average Bonchev–Trinajstić information content (AvgIpc) is 2.61. The van der Waals surface area contributed by atoms with Crippen LogP contribution in [0.1, 0.15) is 10.4 Å². The van der Waals surface area contributed by atoms with Crippen LogP contribution in [-0.2, 0) is 9.59 Å². The van der Waals surface area contributed by atoms with Gasteiger partial charge in [-0.15, -0.1) is 0 Å². The first-order chi connectivity index (χ1) is 12.4. The van der Waals surface area contributed by atoms with Gasteiger partial charge in [0.05, 0.1) is 5.56 Å². The Balaban J connectivity index is 0.000000263. The van der Waals surface area contributed by atoms with Crippen molar-refractivity contribution in [2.45, 2.75) is 4.90 Å². The van der Waals surface area contributed by atoms with Gasteiger partial charge in [-0.05, 0) is 29.7 Å². The van der Waals surface area contributed by atoms with E-state index in [1.54, 1.807) is 17.5 Å². The zero-order chi connectivity index (χ0) is 19.4. The number of para-hydroxylation sites is 1. The van der Waals surface area contributed by atoms with Crippen molar-refractivity contribution in [1.29, 1.82) is 0 Å². The molecule has 0 aliphatic rings. The second kappa shape index (κ2) is 11.3. The number of aromatic hydroxyl groups is 1. The van der Waals surface area contributed by atoms with Gasteiger partial charge in [0.2, 0.25) is 0 Å². The lowest BCUT2D eigenvalue weighted by Gasteiger charge is -2.03. The molecular formula is C18H17NO6S. The molecule has 0 aromatic heterocycles. The number of benzene rings is 2. The monoisotopic (exact) mass is 375 g/mol. The topological polar surface area (TPSA) is 124 Å². The summed E-state index contributed by atoms with van der Waals surface area (Å²) in [7, 11) is 0. The molecule has 0 fully saturated rings. The van der Waals surface area contributed by atoms with Crippen molar-refractivity contribution >= 4 is 29.6 Å². The Morgan fingerprint density at radius 1 is 0.962 bits per heavy atom. The number of aliphatic carboxylic acids is 2. The number of carbonyl (C=O) groups excluding carboxylic acids is 1. The van der Waals surface area contributed by atoms with Gasteiger partial charge in [0.25, 0.3) is 5.91 Å². The molecule has 4 N–H and O–H groups in total. The predicted octanol–water partition coefficient (Wildman–Crippen LogP) is 2.58. The normalized spacial score (nSPS) is 9.85. The number of thioether (sulfide) groups is 1. The number of phenols is 1. The minimum absolute atomic E-state index is 0.0637. The number of phenolic OH excluding ortho intramolecular Hbond substituents is 1. The van der Waals surface area contributed by atoms with Gasteiger partial charge in [-0.25, -0.2) is 4.79 Å². The fourth-order valence-electron chi connectivity index (χ4n) is 1.59. The lowest BCUT2D eigenvalue weighted by atomic mass is 10.2. The average molecular weight is 375 g/mol. The minimum Gasteiger partial charge on any atom is -0.507 e. The Bertz CT molecular complexity index is 776. The number of carboxylic acid groups (broad SMARTS) is 2. The Kier molecular flexibility index (Phi) is 9.05. The summed E-state index contributed by atoms with van der Waals surface area (Å²) in [4.78, 5) is 32.5. The van der Waals surface area contributed by atoms with Crippen LogP contribution in [-0.4, -0.2) is 39.7 Å². The molecule has 2 aromatic carbocycles. The number of amides is 1. The molecule has 8 heteroatoms. The number of rotatable bonds is 6. The third kappa shape index (κ3) is 8.55. The van der Waals surface area contributed by atoms with Gasteiger partial charge in [0.1, 0.15) is 12.3 Å². The number of carbonyl (C=O) groups is 3. The van der Waals surface area contributed by atoms with Crippen LogP contribution in [0.2, 0.25) is 0 Å². The largest absolute Gasteiger partial charge is 0.507 e. The number of nitrogens with one attached hydrogen (secondary N) is 1. The molecule has 0 aliphatic heterocycles. The fraction of sp³-hybridized carbons (Fsp3) is 0.0556. The highest BCUT2D eigenvalue weighted by Gasteiger charge is 2.10. The second-order valence-electron chi connectivity index (χ2n) is 4.67. The lowest BCUT2D eigenvalue weighted by Crippen LogP contribution is -2.29. The van der Waals surface area contributed by atoms with Gasteiger partial charge in [0, 0.05) is 11.0 Å². The van der Waals surface area contributed by atoms with Crippen molar-refractivity contribution < 1.29 is 29.7 Å². The van der Waals surface area contributed by atoms with Crippen LogP contribution >= 0.6 is 11.8 Å². The highest BCUT2D eigenvalue weighted by molar-refractivity contribution is 8.02. The summed E-state index contributed by atoms with van der Waals surface area (Å²) < 4.78 is 0. The van der Waals surface area contributed by atoms with E-state index >= 15 is 0 Å². The zero-order valence-corrected chi connectivity index (χ0v) is 14.3. The van der Waals surface area contributed by atoms with Crippen molar-refractivity contribution in [3.05, 3.63) is 71.6 Å². The van der Waals surface area contributed by atoms with Gasteiger partial charge >= 0.3 is 11.9 Å². The van der Waals surface area contributed by atoms with Gasteiger partial charge in [-0.2, -0.15) is 0 Å².